The summed E-state index contributed by atoms with van der Waals surface area (Å²) >= 11 is 3.70. The molecule has 3 aromatic heterocycles. The van der Waals surface area contributed by atoms with Gasteiger partial charge in [-0.3, -0.25) is 0 Å². The van der Waals surface area contributed by atoms with E-state index < -0.39 is 0 Å². The first-order valence-corrected chi connectivity index (χ1v) is 11.5. The molecule has 0 spiro atoms. The first kappa shape index (κ1) is 18.3. The normalized spacial score (nSPS) is 16.8. The third-order valence-electron chi connectivity index (χ3n) is 5.03. The fourth-order valence-corrected chi connectivity index (χ4v) is 5.37. The molecule has 4 nitrogen and oxygen atoms in total. The van der Waals surface area contributed by atoms with Crippen molar-refractivity contribution in [1.29, 1.82) is 0 Å². The molecular weight excluding hydrogens is 372 g/mol. The highest BCUT2D eigenvalue weighted by Gasteiger charge is 2.17. The van der Waals surface area contributed by atoms with E-state index in [0.29, 0.717) is 0 Å². The zero-order chi connectivity index (χ0) is 18.5. The summed E-state index contributed by atoms with van der Waals surface area (Å²) in [7, 11) is 0. The van der Waals surface area contributed by atoms with E-state index in [2.05, 4.69) is 42.9 Å². The van der Waals surface area contributed by atoms with Crippen LogP contribution in [0.15, 0.2) is 59.9 Å². The van der Waals surface area contributed by atoms with Crippen LogP contribution in [0.1, 0.15) is 43.4 Å². The second-order valence-electron chi connectivity index (χ2n) is 6.62. The van der Waals surface area contributed by atoms with E-state index in [1.54, 1.807) is 0 Å². The van der Waals surface area contributed by atoms with Gasteiger partial charge in [0.1, 0.15) is 0 Å². The van der Waals surface area contributed by atoms with Crippen LogP contribution in [0.3, 0.4) is 0 Å². The monoisotopic (exact) mass is 396 g/mol. The van der Waals surface area contributed by atoms with E-state index in [4.69, 9.17) is 0 Å². The predicted molar refractivity (Wildman–Crippen MR) is 116 cm³/mol. The molecule has 0 aromatic carbocycles. The molecular formula is C21H24N4S2. The first-order chi connectivity index (χ1) is 13.4. The average molecular weight is 397 g/mol. The summed E-state index contributed by atoms with van der Waals surface area (Å²) in [5, 5.41) is 2.15. The summed E-state index contributed by atoms with van der Waals surface area (Å²) in [5.41, 5.74) is 4.37. The van der Waals surface area contributed by atoms with Crippen molar-refractivity contribution in [2.75, 3.05) is 6.26 Å². The number of imidazole rings is 2. The maximum absolute atomic E-state index is 4.11. The van der Waals surface area contributed by atoms with Gasteiger partial charge >= 0.3 is 0 Å². The Kier molecular flexibility index (Phi) is 5.94. The Balaban J connectivity index is 0.000000137. The van der Waals surface area contributed by atoms with Gasteiger partial charge < -0.3 is 9.13 Å². The zero-order valence-electron chi connectivity index (χ0n) is 15.5. The van der Waals surface area contributed by atoms with Crippen LogP contribution in [0.5, 0.6) is 0 Å². The van der Waals surface area contributed by atoms with Gasteiger partial charge in [-0.15, -0.1) is 23.1 Å². The van der Waals surface area contributed by atoms with Crippen LogP contribution in [-0.4, -0.2) is 25.4 Å². The molecule has 0 unspecified atom stereocenters. The predicted octanol–water partition coefficient (Wildman–Crippen LogP) is 6.10. The summed E-state index contributed by atoms with van der Waals surface area (Å²) in [6.07, 6.45) is 21.1. The van der Waals surface area contributed by atoms with Crippen LogP contribution in [0.2, 0.25) is 0 Å². The van der Waals surface area contributed by atoms with Crippen LogP contribution < -0.4 is 0 Å². The summed E-state index contributed by atoms with van der Waals surface area (Å²) < 4.78 is 4.29. The molecule has 27 heavy (non-hydrogen) atoms. The van der Waals surface area contributed by atoms with Gasteiger partial charge in [0.05, 0.1) is 12.7 Å². The van der Waals surface area contributed by atoms with Crippen molar-refractivity contribution in [3.8, 4) is 0 Å². The second kappa shape index (κ2) is 8.76. The molecule has 5 rings (SSSR count). The van der Waals surface area contributed by atoms with Gasteiger partial charge in [-0.05, 0) is 61.8 Å². The lowest BCUT2D eigenvalue weighted by Gasteiger charge is -2.06. The molecule has 0 aliphatic heterocycles. The topological polar surface area (TPSA) is 35.6 Å². The number of thiophene rings is 1. The van der Waals surface area contributed by atoms with Crippen LogP contribution in [0.4, 0.5) is 0 Å². The van der Waals surface area contributed by atoms with E-state index in [0.717, 1.165) is 0 Å². The first-order valence-electron chi connectivity index (χ1n) is 9.35. The number of nitrogens with zero attached hydrogens (tertiary/aromatic N) is 4. The van der Waals surface area contributed by atoms with Crippen molar-refractivity contribution < 1.29 is 0 Å². The van der Waals surface area contributed by atoms with Crippen molar-refractivity contribution >= 4 is 40.1 Å². The van der Waals surface area contributed by atoms with Crippen LogP contribution in [-0.2, 0) is 0 Å². The molecule has 0 fully saturated rings. The molecule has 2 aliphatic rings. The minimum Gasteiger partial charge on any atom is -0.310 e. The lowest BCUT2D eigenvalue weighted by Crippen LogP contribution is -1.92. The van der Waals surface area contributed by atoms with Crippen LogP contribution >= 0.6 is 23.1 Å². The van der Waals surface area contributed by atoms with E-state index >= 15 is 0 Å². The van der Waals surface area contributed by atoms with Gasteiger partial charge in [0.15, 0.2) is 0 Å². The highest BCUT2D eigenvalue weighted by Crippen LogP contribution is 2.38. The van der Waals surface area contributed by atoms with Gasteiger partial charge in [0.25, 0.3) is 0 Å². The van der Waals surface area contributed by atoms with Gasteiger partial charge in [-0.25, -0.2) is 9.97 Å². The Morgan fingerprint density at radius 1 is 0.926 bits per heavy atom. The van der Waals surface area contributed by atoms with Gasteiger partial charge in [0.2, 0.25) is 0 Å². The Labute approximate surface area is 168 Å². The third kappa shape index (κ3) is 4.12. The number of aromatic nitrogens is 4. The Morgan fingerprint density at radius 3 is 2.26 bits per heavy atom. The molecule has 0 atom stereocenters. The number of rotatable bonds is 4. The van der Waals surface area contributed by atoms with Crippen LogP contribution in [0, 0.1) is 0 Å². The minimum atomic E-state index is 1.17. The van der Waals surface area contributed by atoms with Crippen molar-refractivity contribution in [3.05, 3.63) is 64.7 Å². The minimum absolute atomic E-state index is 1.17. The van der Waals surface area contributed by atoms with Crippen molar-refractivity contribution in [2.45, 2.75) is 38.5 Å². The van der Waals surface area contributed by atoms with E-state index in [-0.39, 0.29) is 0 Å². The maximum atomic E-state index is 4.11. The zero-order valence-corrected chi connectivity index (χ0v) is 17.2. The molecule has 0 amide bonds. The highest BCUT2D eigenvalue weighted by atomic mass is 32.2. The van der Waals surface area contributed by atoms with Gasteiger partial charge in [0, 0.05) is 46.0 Å². The summed E-state index contributed by atoms with van der Waals surface area (Å²) in [6, 6.07) is 4.33. The van der Waals surface area contributed by atoms with Crippen LogP contribution in [0.25, 0.3) is 17.0 Å². The highest BCUT2D eigenvalue weighted by molar-refractivity contribution is 8.02. The quantitative estimate of drug-likeness (QED) is 0.535. The average Bonchev–Trinajstić information content (AvgIpc) is 3.51. The molecule has 0 saturated heterocycles. The fourth-order valence-electron chi connectivity index (χ4n) is 3.76. The van der Waals surface area contributed by atoms with Crippen molar-refractivity contribution in [1.82, 2.24) is 19.1 Å². The number of allylic oxidation sites excluding steroid dienone is 4. The third-order valence-corrected chi connectivity index (χ3v) is 6.89. The number of hydrogen-bond donors (Lipinski definition) is 0. The van der Waals surface area contributed by atoms with Crippen molar-refractivity contribution in [3.63, 3.8) is 0 Å². The Hall–Kier alpha value is -2.05. The largest absolute Gasteiger partial charge is 0.310 e. The smallest absolute Gasteiger partial charge is 0.0989 e. The SMILES string of the molecule is CSC1=C(n2ccnc2)CCC1.c1csc(C2=C(n3ccnc3)CCC2)c1. The summed E-state index contributed by atoms with van der Waals surface area (Å²) in [4.78, 5) is 11.1. The molecule has 3 heterocycles. The van der Waals surface area contributed by atoms with E-state index in [9.17, 15) is 0 Å². The number of hydrogen-bond acceptors (Lipinski definition) is 4. The van der Waals surface area contributed by atoms with Crippen molar-refractivity contribution in [2.24, 2.45) is 0 Å². The molecule has 0 saturated carbocycles. The Morgan fingerprint density at radius 2 is 1.63 bits per heavy atom. The molecule has 0 bridgehead atoms. The summed E-state index contributed by atoms with van der Waals surface area (Å²) in [5.74, 6) is 0. The number of thioether (sulfide) groups is 1. The fraction of sp³-hybridized carbons (Fsp3) is 0.333. The molecule has 3 aromatic rings. The van der Waals surface area contributed by atoms with E-state index in [1.807, 2.05) is 60.5 Å². The lowest BCUT2D eigenvalue weighted by atomic mass is 10.2. The molecule has 0 radical (unpaired) electrons. The van der Waals surface area contributed by atoms with E-state index in [1.165, 1.54) is 65.3 Å². The molecule has 2 aliphatic carbocycles. The molecule has 6 heteroatoms. The molecule has 140 valence electrons. The molecule has 0 N–H and O–H groups in total. The second-order valence-corrected chi connectivity index (χ2v) is 8.47. The Bertz CT molecular complexity index is 859. The lowest BCUT2D eigenvalue weighted by molar-refractivity contribution is 0.902. The summed E-state index contributed by atoms with van der Waals surface area (Å²) in [6.45, 7) is 0. The maximum Gasteiger partial charge on any atom is 0.0989 e. The van der Waals surface area contributed by atoms with Gasteiger partial charge in [-0.2, -0.15) is 0 Å². The standard InChI is InChI=1S/C12H12N2S.C9H12N2S/c1-3-10(12-5-2-8-15-12)11(4-1)14-7-6-13-9-14;1-12-9-4-2-3-8(9)11-6-5-10-7-11/h2,5-9H,1,3-4H2;5-7H,2-4H2,1H3. The van der Waals surface area contributed by atoms with Gasteiger partial charge in [-0.1, -0.05) is 6.07 Å².